The zero-order chi connectivity index (χ0) is 28.4. The van der Waals surface area contributed by atoms with Gasteiger partial charge in [-0.05, 0) is 35.2 Å². The van der Waals surface area contributed by atoms with Crippen LogP contribution in [0.25, 0.3) is 0 Å². The minimum Gasteiger partial charge on any atom is -0.389 e. The van der Waals surface area contributed by atoms with Crippen molar-refractivity contribution in [2.75, 3.05) is 23.4 Å². The lowest BCUT2D eigenvalue weighted by atomic mass is 9.87. The van der Waals surface area contributed by atoms with Gasteiger partial charge in [0.05, 0.1) is 18.5 Å². The molecule has 2 aromatic carbocycles. The summed E-state index contributed by atoms with van der Waals surface area (Å²) < 4.78 is 0. The molecular formula is C31H34N6O3. The summed E-state index contributed by atoms with van der Waals surface area (Å²) in [7, 11) is 1.91. The highest BCUT2D eigenvalue weighted by molar-refractivity contribution is 6.09. The first kappa shape index (κ1) is 27.1. The Labute approximate surface area is 233 Å². The highest BCUT2D eigenvalue weighted by Crippen LogP contribution is 2.36. The van der Waals surface area contributed by atoms with Gasteiger partial charge in [-0.1, -0.05) is 57.2 Å². The fourth-order valence-corrected chi connectivity index (χ4v) is 5.16. The van der Waals surface area contributed by atoms with Crippen LogP contribution in [0, 0.1) is 0 Å². The highest BCUT2D eigenvalue weighted by Gasteiger charge is 2.38. The van der Waals surface area contributed by atoms with E-state index in [-0.39, 0.29) is 11.1 Å². The molecule has 0 radical (unpaired) electrons. The van der Waals surface area contributed by atoms with Crippen molar-refractivity contribution in [1.29, 1.82) is 0 Å². The predicted molar refractivity (Wildman–Crippen MR) is 154 cm³/mol. The van der Waals surface area contributed by atoms with Crippen LogP contribution < -0.4 is 15.1 Å². The van der Waals surface area contributed by atoms with Crippen LogP contribution in [0.1, 0.15) is 60.0 Å². The van der Waals surface area contributed by atoms with Gasteiger partial charge in [0.1, 0.15) is 11.7 Å². The Morgan fingerprint density at radius 3 is 2.50 bits per heavy atom. The number of hydrogen-bond donors (Lipinski definition) is 3. The number of H-pyrrole nitrogens is 1. The number of anilines is 2. The maximum absolute atomic E-state index is 14.3. The molecule has 0 spiro atoms. The highest BCUT2D eigenvalue weighted by atomic mass is 16.3. The van der Waals surface area contributed by atoms with Crippen LogP contribution >= 0.6 is 0 Å². The fourth-order valence-electron chi connectivity index (χ4n) is 5.16. The number of carbonyl (C=O) groups is 2. The van der Waals surface area contributed by atoms with E-state index >= 15 is 0 Å². The van der Waals surface area contributed by atoms with Crippen molar-refractivity contribution in [1.82, 2.24) is 20.3 Å². The molecule has 0 fully saturated rings. The lowest BCUT2D eigenvalue weighted by Crippen LogP contribution is -2.50. The van der Waals surface area contributed by atoms with E-state index in [2.05, 4.69) is 41.0 Å². The van der Waals surface area contributed by atoms with Crippen molar-refractivity contribution < 1.29 is 14.7 Å². The van der Waals surface area contributed by atoms with E-state index in [0.29, 0.717) is 17.8 Å². The van der Waals surface area contributed by atoms with Gasteiger partial charge in [0.2, 0.25) is 5.91 Å². The molecule has 3 atom stereocenters. The molecule has 1 unspecified atom stereocenters. The molecule has 3 heterocycles. The van der Waals surface area contributed by atoms with Crippen LogP contribution in [-0.4, -0.2) is 51.6 Å². The van der Waals surface area contributed by atoms with Gasteiger partial charge in [0, 0.05) is 54.7 Å². The number of hydrogen-bond acceptors (Lipinski definition) is 6. The van der Waals surface area contributed by atoms with Crippen LogP contribution in [0.15, 0.2) is 85.6 Å². The number of likely N-dealkylation sites (N-methyl/N-ethyl adjacent to an activating group) is 1. The second kappa shape index (κ2) is 10.9. The normalized spacial score (nSPS) is 17.6. The molecule has 4 aromatic rings. The Hall–Kier alpha value is -4.50. The van der Waals surface area contributed by atoms with Crippen LogP contribution in [-0.2, 0) is 10.2 Å². The number of nitrogens with zero attached hydrogens (tertiary/aromatic N) is 4. The van der Waals surface area contributed by atoms with E-state index in [0.717, 1.165) is 16.8 Å². The predicted octanol–water partition coefficient (Wildman–Crippen LogP) is 4.16. The fraction of sp³-hybridized carbons (Fsp3) is 0.290. The van der Waals surface area contributed by atoms with E-state index < -0.39 is 30.0 Å². The summed E-state index contributed by atoms with van der Waals surface area (Å²) in [6, 6.07) is 17.1. The average molecular weight is 539 g/mol. The molecule has 2 amide bonds. The zero-order valence-corrected chi connectivity index (χ0v) is 23.1. The summed E-state index contributed by atoms with van der Waals surface area (Å²) >= 11 is 0. The van der Waals surface area contributed by atoms with Crippen molar-refractivity contribution in [2.45, 2.75) is 44.4 Å². The van der Waals surface area contributed by atoms with E-state index in [4.69, 9.17) is 0 Å². The van der Waals surface area contributed by atoms with Gasteiger partial charge >= 0.3 is 0 Å². The van der Waals surface area contributed by atoms with Crippen molar-refractivity contribution in [2.24, 2.45) is 0 Å². The Kier molecular flexibility index (Phi) is 7.40. The number of amides is 2. The SMILES string of the molecule is CN1C[C@H](O)[C@H](NC(=O)C(c2cccnc2)N(C(=O)c2c[nH]cn2)c2ccc(C(C)(C)C)cc2)c2ccccc21. The second-order valence-corrected chi connectivity index (χ2v) is 11.1. The van der Waals surface area contributed by atoms with Gasteiger partial charge in [0.15, 0.2) is 0 Å². The first-order valence-electron chi connectivity index (χ1n) is 13.3. The zero-order valence-electron chi connectivity index (χ0n) is 23.1. The largest absolute Gasteiger partial charge is 0.389 e. The van der Waals surface area contributed by atoms with Gasteiger partial charge < -0.3 is 20.3 Å². The number of benzene rings is 2. The summed E-state index contributed by atoms with van der Waals surface area (Å²) in [5.74, 6) is -0.890. The van der Waals surface area contributed by atoms with Gasteiger partial charge in [0.25, 0.3) is 5.91 Å². The molecule has 206 valence electrons. The Balaban J connectivity index is 1.60. The lowest BCUT2D eigenvalue weighted by Gasteiger charge is -2.39. The molecular weight excluding hydrogens is 504 g/mol. The molecule has 9 nitrogen and oxygen atoms in total. The van der Waals surface area contributed by atoms with E-state index in [1.807, 2.05) is 60.5 Å². The Bertz CT molecular complexity index is 1470. The first-order chi connectivity index (χ1) is 19.1. The quantitative estimate of drug-likeness (QED) is 0.340. The van der Waals surface area contributed by atoms with E-state index in [1.54, 1.807) is 24.5 Å². The van der Waals surface area contributed by atoms with Crippen LogP contribution in [0.3, 0.4) is 0 Å². The van der Waals surface area contributed by atoms with Crippen molar-refractivity contribution >= 4 is 23.2 Å². The number of aliphatic hydroxyl groups excluding tert-OH is 1. The number of rotatable bonds is 6. The Morgan fingerprint density at radius 1 is 1.10 bits per heavy atom. The molecule has 2 aromatic heterocycles. The summed E-state index contributed by atoms with van der Waals surface area (Å²) in [4.78, 5) is 42.9. The van der Waals surface area contributed by atoms with E-state index in [9.17, 15) is 14.7 Å². The van der Waals surface area contributed by atoms with Gasteiger partial charge in [-0.2, -0.15) is 0 Å². The number of carbonyl (C=O) groups excluding carboxylic acids is 2. The number of aromatic amines is 1. The summed E-state index contributed by atoms with van der Waals surface area (Å²) in [6.07, 6.45) is 5.29. The van der Waals surface area contributed by atoms with Crippen LogP contribution in [0.2, 0.25) is 0 Å². The molecule has 5 rings (SSSR count). The number of pyridine rings is 1. The molecule has 1 aliphatic rings. The number of para-hydroxylation sites is 1. The maximum Gasteiger partial charge on any atom is 0.279 e. The number of β-amino-alcohol motifs (C(OH)–C–C–N with tert-alkyl or cyclic N) is 1. The van der Waals surface area contributed by atoms with Crippen molar-refractivity contribution in [3.63, 3.8) is 0 Å². The third-order valence-electron chi connectivity index (χ3n) is 7.28. The number of nitrogens with one attached hydrogen (secondary N) is 2. The Morgan fingerprint density at radius 2 is 1.85 bits per heavy atom. The molecule has 0 saturated heterocycles. The first-order valence-corrected chi connectivity index (χ1v) is 13.3. The third kappa shape index (κ3) is 5.33. The molecule has 0 aliphatic carbocycles. The maximum atomic E-state index is 14.3. The summed E-state index contributed by atoms with van der Waals surface area (Å²) in [6.45, 7) is 6.70. The topological polar surface area (TPSA) is 114 Å². The molecule has 9 heteroatoms. The van der Waals surface area contributed by atoms with Crippen molar-refractivity contribution in [3.05, 3.63) is 108 Å². The number of aromatic nitrogens is 3. The monoisotopic (exact) mass is 538 g/mol. The van der Waals surface area contributed by atoms with Crippen LogP contribution in [0.5, 0.6) is 0 Å². The van der Waals surface area contributed by atoms with E-state index in [1.165, 1.54) is 17.4 Å². The van der Waals surface area contributed by atoms with Gasteiger partial charge in [-0.25, -0.2) is 4.98 Å². The standard InChI is InChI=1S/C31H34N6O3/c1-31(2,3)21-11-13-22(14-12-21)37(30(40)24-17-33-19-34-24)28(20-8-7-15-32-16-20)29(39)35-27-23-9-5-6-10-25(23)36(4)18-26(27)38/h5-17,19,26-28,38H,18H2,1-4H3,(H,33,34)(H,35,39)/t26-,27+,28?/m0/s1. The number of fused-ring (bicyclic) bond motifs is 1. The molecule has 0 saturated carbocycles. The van der Waals surface area contributed by atoms with Gasteiger partial charge in [-0.3, -0.25) is 19.5 Å². The number of imidazole rings is 1. The average Bonchev–Trinajstić information content (AvgIpc) is 3.49. The van der Waals surface area contributed by atoms with Gasteiger partial charge in [-0.15, -0.1) is 0 Å². The van der Waals surface area contributed by atoms with Crippen LogP contribution in [0.4, 0.5) is 11.4 Å². The molecule has 1 aliphatic heterocycles. The molecule has 0 bridgehead atoms. The lowest BCUT2D eigenvalue weighted by molar-refractivity contribution is -0.124. The molecule has 3 N–H and O–H groups in total. The summed E-state index contributed by atoms with van der Waals surface area (Å²) in [5.41, 5.74) is 3.98. The third-order valence-corrected chi connectivity index (χ3v) is 7.28. The second-order valence-electron chi connectivity index (χ2n) is 11.1. The minimum absolute atomic E-state index is 0.0899. The molecule has 40 heavy (non-hydrogen) atoms. The summed E-state index contributed by atoms with van der Waals surface area (Å²) in [5, 5.41) is 14.1. The smallest absolute Gasteiger partial charge is 0.279 e. The van der Waals surface area contributed by atoms with Crippen molar-refractivity contribution in [3.8, 4) is 0 Å². The minimum atomic E-state index is -1.09. The number of aliphatic hydroxyl groups is 1.